The lowest BCUT2D eigenvalue weighted by Crippen LogP contribution is -2.06. The number of aldehydes is 1. The number of carbonyl (C=O) groups is 1. The molecule has 0 aliphatic carbocycles. The van der Waals surface area contributed by atoms with E-state index in [1.54, 1.807) is 37.4 Å². The third kappa shape index (κ3) is 5.31. The molecule has 30 heavy (non-hydrogen) atoms. The highest BCUT2D eigenvalue weighted by Crippen LogP contribution is 2.30. The Hall–Kier alpha value is -3.04. The van der Waals surface area contributed by atoms with E-state index < -0.39 is 0 Å². The minimum atomic E-state index is 0.404. The van der Waals surface area contributed by atoms with Crippen LogP contribution in [0.1, 0.15) is 17.3 Å². The average molecular weight is 428 g/mol. The third-order valence-corrected chi connectivity index (χ3v) is 5.16. The topological polar surface area (TPSA) is 92.4 Å². The second kappa shape index (κ2) is 10.7. The number of rotatable bonds is 11. The lowest BCUT2D eigenvalue weighted by Gasteiger charge is -2.16. The molecule has 3 aromatic rings. The summed E-state index contributed by atoms with van der Waals surface area (Å²) in [4.78, 5) is 16.0. The molecule has 0 fully saturated rings. The molecule has 0 aliphatic rings. The maximum Gasteiger partial charge on any atom is 0.215 e. The predicted octanol–water partition coefficient (Wildman–Crippen LogP) is 4.16. The van der Waals surface area contributed by atoms with Gasteiger partial charge in [0.2, 0.25) is 5.88 Å². The summed E-state index contributed by atoms with van der Waals surface area (Å²) < 4.78 is 12.6. The van der Waals surface area contributed by atoms with Gasteiger partial charge in [0.15, 0.2) is 12.1 Å². The molecule has 2 heterocycles. The molecule has 158 valence electrons. The fourth-order valence-corrected chi connectivity index (χ4v) is 3.48. The van der Waals surface area contributed by atoms with Crippen molar-refractivity contribution in [2.24, 2.45) is 0 Å². The summed E-state index contributed by atoms with van der Waals surface area (Å²) in [5, 5.41) is 10.4. The number of nitrogens with one attached hydrogen (secondary N) is 2. The van der Waals surface area contributed by atoms with Crippen LogP contribution < -0.4 is 14.4 Å². The molecule has 0 radical (unpaired) electrons. The monoisotopic (exact) mass is 427 g/mol. The molecule has 0 aliphatic heterocycles. The van der Waals surface area contributed by atoms with Crippen LogP contribution in [0.5, 0.6) is 5.88 Å². The molecule has 9 heteroatoms. The van der Waals surface area contributed by atoms with Gasteiger partial charge in [0, 0.05) is 49.1 Å². The number of aromatic amines is 1. The van der Waals surface area contributed by atoms with E-state index in [-0.39, 0.29) is 0 Å². The van der Waals surface area contributed by atoms with Gasteiger partial charge in [-0.05, 0) is 18.2 Å². The van der Waals surface area contributed by atoms with Crippen LogP contribution >= 0.6 is 11.9 Å². The largest absolute Gasteiger partial charge is 0.475 e. The predicted molar refractivity (Wildman–Crippen MR) is 121 cm³/mol. The molecule has 2 N–H and O–H groups in total. The summed E-state index contributed by atoms with van der Waals surface area (Å²) in [5.41, 5.74) is 3.81. The van der Waals surface area contributed by atoms with Crippen molar-refractivity contribution >= 4 is 35.4 Å². The van der Waals surface area contributed by atoms with E-state index in [1.807, 2.05) is 31.3 Å². The van der Waals surface area contributed by atoms with Crippen molar-refractivity contribution < 1.29 is 14.3 Å². The van der Waals surface area contributed by atoms with E-state index in [0.29, 0.717) is 41.9 Å². The Kier molecular flexibility index (Phi) is 7.69. The first kappa shape index (κ1) is 21.7. The van der Waals surface area contributed by atoms with Gasteiger partial charge in [0.05, 0.1) is 17.9 Å². The van der Waals surface area contributed by atoms with Crippen molar-refractivity contribution in [3.63, 3.8) is 0 Å². The van der Waals surface area contributed by atoms with Gasteiger partial charge in [-0.15, -0.1) is 0 Å². The van der Waals surface area contributed by atoms with Crippen LogP contribution in [0.2, 0.25) is 0 Å². The molecule has 3 rings (SSSR count). The number of nitrogens with zero attached hydrogens (tertiary/aromatic N) is 3. The van der Waals surface area contributed by atoms with Gasteiger partial charge in [-0.25, -0.2) is 4.98 Å². The highest BCUT2D eigenvalue weighted by molar-refractivity contribution is 8.00. The molecule has 1 aromatic carbocycles. The average Bonchev–Trinajstić information content (AvgIpc) is 3.17. The van der Waals surface area contributed by atoms with Crippen LogP contribution in [0.15, 0.2) is 42.6 Å². The maximum atomic E-state index is 11.8. The van der Waals surface area contributed by atoms with Gasteiger partial charge in [0.25, 0.3) is 0 Å². The van der Waals surface area contributed by atoms with Crippen molar-refractivity contribution in [3.05, 3.63) is 48.2 Å². The van der Waals surface area contributed by atoms with E-state index in [1.165, 1.54) is 0 Å². The van der Waals surface area contributed by atoms with Gasteiger partial charge in [-0.2, -0.15) is 5.10 Å². The molecule has 0 saturated carbocycles. The van der Waals surface area contributed by atoms with Crippen LogP contribution in [-0.2, 0) is 4.74 Å². The number of H-pyrrole nitrogens is 1. The molecule has 2 aromatic heterocycles. The second-order valence-corrected chi connectivity index (χ2v) is 7.67. The summed E-state index contributed by atoms with van der Waals surface area (Å²) >= 11 is 1.73. The van der Waals surface area contributed by atoms with Crippen LogP contribution in [0.3, 0.4) is 0 Å². The summed E-state index contributed by atoms with van der Waals surface area (Å²) in [6.45, 7) is 2.99. The zero-order valence-corrected chi connectivity index (χ0v) is 18.0. The summed E-state index contributed by atoms with van der Waals surface area (Å²) in [7, 11) is 3.64. The van der Waals surface area contributed by atoms with Crippen LogP contribution in [0, 0.1) is 0 Å². The Morgan fingerprint density at radius 2 is 2.03 bits per heavy atom. The van der Waals surface area contributed by atoms with Gasteiger partial charge in [-0.1, -0.05) is 31.0 Å². The second-order valence-electron chi connectivity index (χ2n) is 6.29. The first-order valence-electron chi connectivity index (χ1n) is 9.51. The highest BCUT2D eigenvalue weighted by atomic mass is 32.2. The van der Waals surface area contributed by atoms with Gasteiger partial charge in [-0.3, -0.25) is 9.89 Å². The van der Waals surface area contributed by atoms with E-state index in [4.69, 9.17) is 9.47 Å². The Balaban J connectivity index is 1.78. The Bertz CT molecular complexity index is 962. The lowest BCUT2D eigenvalue weighted by atomic mass is 10.1. The van der Waals surface area contributed by atoms with Crippen LogP contribution in [-0.4, -0.2) is 54.6 Å². The van der Waals surface area contributed by atoms with Crippen LogP contribution in [0.4, 0.5) is 17.2 Å². The number of benzene rings is 1. The molecular formula is C21H25N5O3S. The molecular weight excluding hydrogens is 402 g/mol. The van der Waals surface area contributed by atoms with E-state index >= 15 is 0 Å². The van der Waals surface area contributed by atoms with Crippen molar-refractivity contribution in [1.29, 1.82) is 0 Å². The Morgan fingerprint density at radius 1 is 1.23 bits per heavy atom. The molecule has 0 saturated heterocycles. The summed E-state index contributed by atoms with van der Waals surface area (Å²) in [6, 6.07) is 11.5. The summed E-state index contributed by atoms with van der Waals surface area (Å²) in [6.07, 6.45) is 2.42. The standard InChI is InChI=1S/C21H25N5O3S/c1-4-30-26(2)17-7-5-15(6-8-17)20-18(14-27)21(25-24-20)23-16-9-10-22-19(13-16)29-12-11-28-3/h5-10,13-14H,4,11-12H2,1-3H3,(H2,22,23,24,25). The van der Waals surface area contributed by atoms with Gasteiger partial charge in [0.1, 0.15) is 6.61 Å². The zero-order valence-electron chi connectivity index (χ0n) is 17.2. The van der Waals surface area contributed by atoms with Gasteiger partial charge >= 0.3 is 0 Å². The van der Waals surface area contributed by atoms with E-state index in [2.05, 4.69) is 31.7 Å². The third-order valence-electron chi connectivity index (χ3n) is 4.30. The number of carbonyl (C=O) groups excluding carboxylic acids is 1. The quantitative estimate of drug-likeness (QED) is 0.268. The highest BCUT2D eigenvalue weighted by Gasteiger charge is 2.15. The normalized spacial score (nSPS) is 10.6. The SMILES string of the molecule is CCSN(C)c1ccc(-c2[nH]nc(Nc3ccnc(OCCOC)c3)c2C=O)cc1. The fraction of sp³-hybridized carbons (Fsp3) is 0.286. The Morgan fingerprint density at radius 3 is 2.73 bits per heavy atom. The first-order valence-corrected chi connectivity index (χ1v) is 10.5. The maximum absolute atomic E-state index is 11.8. The number of methoxy groups -OCH3 is 1. The number of anilines is 3. The van der Waals surface area contributed by atoms with Gasteiger partial charge < -0.3 is 19.1 Å². The minimum Gasteiger partial charge on any atom is -0.475 e. The van der Waals surface area contributed by atoms with E-state index in [0.717, 1.165) is 23.3 Å². The molecule has 0 spiro atoms. The summed E-state index contributed by atoms with van der Waals surface area (Å²) in [5.74, 6) is 1.90. The number of hydrogen-bond acceptors (Lipinski definition) is 8. The van der Waals surface area contributed by atoms with Crippen molar-refractivity contribution in [2.45, 2.75) is 6.92 Å². The first-order chi connectivity index (χ1) is 14.7. The van der Waals surface area contributed by atoms with Crippen LogP contribution in [0.25, 0.3) is 11.3 Å². The molecule has 8 nitrogen and oxygen atoms in total. The molecule has 0 unspecified atom stereocenters. The number of hydrogen-bond donors (Lipinski definition) is 2. The number of aromatic nitrogens is 3. The van der Waals surface area contributed by atoms with E-state index in [9.17, 15) is 4.79 Å². The fourth-order valence-electron chi connectivity index (χ4n) is 2.82. The van der Waals surface area contributed by atoms with Crippen molar-refractivity contribution in [2.75, 3.05) is 42.7 Å². The molecule has 0 bridgehead atoms. The Labute approximate surface area is 180 Å². The number of pyridine rings is 1. The minimum absolute atomic E-state index is 0.404. The molecule has 0 amide bonds. The number of ether oxygens (including phenoxy) is 2. The van der Waals surface area contributed by atoms with Crippen molar-refractivity contribution in [1.82, 2.24) is 15.2 Å². The lowest BCUT2D eigenvalue weighted by molar-refractivity contribution is 0.112. The molecule has 0 atom stereocenters. The smallest absolute Gasteiger partial charge is 0.215 e. The van der Waals surface area contributed by atoms with Crippen molar-refractivity contribution in [3.8, 4) is 17.1 Å². The zero-order chi connectivity index (χ0) is 21.3.